The van der Waals surface area contributed by atoms with Gasteiger partial charge in [-0.25, -0.2) is 9.48 Å². The van der Waals surface area contributed by atoms with Gasteiger partial charge in [0.05, 0.1) is 5.69 Å². The quantitative estimate of drug-likeness (QED) is 0.628. The van der Waals surface area contributed by atoms with Crippen LogP contribution in [0.2, 0.25) is 0 Å². The molecule has 1 rings (SSSR count). The molecule has 20 heavy (non-hydrogen) atoms. The van der Waals surface area contributed by atoms with Crippen molar-refractivity contribution in [2.45, 2.75) is 78.2 Å². The molecule has 5 nitrogen and oxygen atoms in total. The van der Waals surface area contributed by atoms with E-state index in [1.165, 1.54) is 44.9 Å². The van der Waals surface area contributed by atoms with Gasteiger partial charge >= 0.3 is 5.97 Å². The minimum atomic E-state index is -0.982. The Morgan fingerprint density at radius 1 is 1.05 bits per heavy atom. The van der Waals surface area contributed by atoms with Crippen LogP contribution in [0.1, 0.15) is 81.4 Å². The van der Waals surface area contributed by atoms with Crippen molar-refractivity contribution in [3.63, 3.8) is 0 Å². The molecule has 0 aliphatic rings. The molecule has 0 aliphatic heterocycles. The van der Waals surface area contributed by atoms with Crippen LogP contribution in [0.4, 0.5) is 0 Å². The Morgan fingerprint density at radius 2 is 1.65 bits per heavy atom. The fourth-order valence-electron chi connectivity index (χ4n) is 2.42. The monoisotopic (exact) mass is 281 g/mol. The summed E-state index contributed by atoms with van der Waals surface area (Å²) in [7, 11) is 0. The average Bonchev–Trinajstić information content (AvgIpc) is 2.85. The number of hydrogen-bond acceptors (Lipinski definition) is 3. The molecule has 0 unspecified atom stereocenters. The maximum absolute atomic E-state index is 11.0. The van der Waals surface area contributed by atoms with Gasteiger partial charge in [-0.2, -0.15) is 0 Å². The third kappa shape index (κ3) is 5.31. The summed E-state index contributed by atoms with van der Waals surface area (Å²) in [5.74, 6) is -0.982. The molecule has 0 amide bonds. The van der Waals surface area contributed by atoms with E-state index in [-0.39, 0.29) is 5.69 Å². The first kappa shape index (κ1) is 16.7. The summed E-state index contributed by atoms with van der Waals surface area (Å²) in [6.07, 6.45) is 10.8. The summed E-state index contributed by atoms with van der Waals surface area (Å²) in [4.78, 5) is 11.0. The molecule has 0 aromatic carbocycles. The van der Waals surface area contributed by atoms with Crippen LogP contribution in [-0.2, 0) is 13.0 Å². The van der Waals surface area contributed by atoms with Crippen LogP contribution in [0, 0.1) is 0 Å². The summed E-state index contributed by atoms with van der Waals surface area (Å²) in [6.45, 7) is 4.95. The second kappa shape index (κ2) is 9.50. The molecular weight excluding hydrogens is 254 g/mol. The van der Waals surface area contributed by atoms with Gasteiger partial charge in [-0.3, -0.25) is 0 Å². The maximum atomic E-state index is 11.0. The van der Waals surface area contributed by atoms with Crippen molar-refractivity contribution in [3.05, 3.63) is 11.4 Å². The topological polar surface area (TPSA) is 68.0 Å². The van der Waals surface area contributed by atoms with Crippen LogP contribution in [0.3, 0.4) is 0 Å². The number of aromatic carboxylic acids is 1. The molecule has 1 aromatic heterocycles. The number of unbranched alkanes of at least 4 members (excludes halogenated alkanes) is 7. The SMILES string of the molecule is CCCCCCCCCCn1nnc(C(=O)O)c1CC. The van der Waals surface area contributed by atoms with Crippen LogP contribution in [-0.4, -0.2) is 26.1 Å². The highest BCUT2D eigenvalue weighted by Gasteiger charge is 2.16. The second-order valence-electron chi connectivity index (χ2n) is 5.24. The van der Waals surface area contributed by atoms with E-state index in [1.807, 2.05) is 6.92 Å². The number of aryl methyl sites for hydroxylation is 1. The third-order valence-corrected chi connectivity index (χ3v) is 3.60. The summed E-state index contributed by atoms with van der Waals surface area (Å²) in [5.41, 5.74) is 0.840. The van der Waals surface area contributed by atoms with E-state index >= 15 is 0 Å². The number of aromatic nitrogens is 3. The van der Waals surface area contributed by atoms with Gasteiger partial charge in [0.1, 0.15) is 0 Å². The van der Waals surface area contributed by atoms with Crippen molar-refractivity contribution in [2.75, 3.05) is 0 Å². The maximum Gasteiger partial charge on any atom is 0.358 e. The van der Waals surface area contributed by atoms with Crippen LogP contribution >= 0.6 is 0 Å². The Hall–Kier alpha value is -1.39. The number of carboxylic acids is 1. The van der Waals surface area contributed by atoms with Crippen molar-refractivity contribution in [3.8, 4) is 0 Å². The summed E-state index contributed by atoms with van der Waals surface area (Å²) >= 11 is 0. The molecule has 0 aliphatic carbocycles. The Balaban J connectivity index is 2.23. The smallest absolute Gasteiger partial charge is 0.358 e. The largest absolute Gasteiger partial charge is 0.476 e. The molecule has 1 heterocycles. The first-order chi connectivity index (χ1) is 9.70. The molecule has 0 fully saturated rings. The highest BCUT2D eigenvalue weighted by Crippen LogP contribution is 2.11. The highest BCUT2D eigenvalue weighted by molar-refractivity contribution is 5.86. The lowest BCUT2D eigenvalue weighted by Gasteiger charge is -2.05. The second-order valence-corrected chi connectivity index (χ2v) is 5.24. The fraction of sp³-hybridized carbons (Fsp3) is 0.800. The van der Waals surface area contributed by atoms with Crippen molar-refractivity contribution >= 4 is 5.97 Å². The Kier molecular flexibility index (Phi) is 7.92. The summed E-state index contributed by atoms with van der Waals surface area (Å²) in [5, 5.41) is 16.7. The molecule has 0 spiro atoms. The number of carboxylic acid groups (broad SMARTS) is 1. The molecule has 1 N–H and O–H groups in total. The van der Waals surface area contributed by atoms with Crippen molar-refractivity contribution < 1.29 is 9.90 Å². The molecule has 0 saturated carbocycles. The van der Waals surface area contributed by atoms with Crippen molar-refractivity contribution in [1.82, 2.24) is 15.0 Å². The summed E-state index contributed by atoms with van der Waals surface area (Å²) < 4.78 is 1.75. The minimum absolute atomic E-state index is 0.104. The van der Waals surface area contributed by atoms with Gasteiger partial charge in [-0.05, 0) is 12.8 Å². The van der Waals surface area contributed by atoms with Gasteiger partial charge in [0.25, 0.3) is 0 Å². The van der Waals surface area contributed by atoms with E-state index in [0.29, 0.717) is 6.42 Å². The molecule has 1 aromatic rings. The zero-order valence-corrected chi connectivity index (χ0v) is 12.8. The van der Waals surface area contributed by atoms with Gasteiger partial charge in [-0.15, -0.1) is 5.10 Å². The van der Waals surface area contributed by atoms with Gasteiger partial charge in [0.15, 0.2) is 5.69 Å². The lowest BCUT2D eigenvalue weighted by molar-refractivity contribution is 0.0689. The average molecular weight is 281 g/mol. The normalized spacial score (nSPS) is 10.9. The van der Waals surface area contributed by atoms with Crippen molar-refractivity contribution in [1.29, 1.82) is 0 Å². The van der Waals surface area contributed by atoms with Crippen LogP contribution in [0.5, 0.6) is 0 Å². The van der Waals surface area contributed by atoms with Crippen LogP contribution < -0.4 is 0 Å². The zero-order chi connectivity index (χ0) is 14.8. The van der Waals surface area contributed by atoms with E-state index in [0.717, 1.165) is 18.7 Å². The van der Waals surface area contributed by atoms with E-state index in [2.05, 4.69) is 17.2 Å². The predicted octanol–water partition coefficient (Wildman–Crippen LogP) is 3.68. The van der Waals surface area contributed by atoms with Crippen LogP contribution in [0.25, 0.3) is 0 Å². The van der Waals surface area contributed by atoms with Gasteiger partial charge in [0.2, 0.25) is 0 Å². The standard InChI is InChI=1S/C15H27N3O2/c1-3-5-6-7-8-9-10-11-12-18-13(4-2)14(15(19)20)16-17-18/h3-12H2,1-2H3,(H,19,20). The van der Waals surface area contributed by atoms with Gasteiger partial charge < -0.3 is 5.11 Å². The molecule has 0 atom stereocenters. The highest BCUT2D eigenvalue weighted by atomic mass is 16.4. The summed E-state index contributed by atoms with van der Waals surface area (Å²) in [6, 6.07) is 0. The van der Waals surface area contributed by atoms with E-state index in [9.17, 15) is 4.79 Å². The Bertz CT molecular complexity index is 402. The number of rotatable bonds is 11. The van der Waals surface area contributed by atoms with E-state index in [1.54, 1.807) is 4.68 Å². The van der Waals surface area contributed by atoms with Gasteiger partial charge in [-0.1, -0.05) is 64.0 Å². The number of nitrogens with zero attached hydrogens (tertiary/aromatic N) is 3. The van der Waals surface area contributed by atoms with E-state index in [4.69, 9.17) is 5.11 Å². The molecule has 5 heteroatoms. The zero-order valence-electron chi connectivity index (χ0n) is 12.8. The molecule has 0 saturated heterocycles. The third-order valence-electron chi connectivity index (χ3n) is 3.60. The first-order valence-electron chi connectivity index (χ1n) is 7.86. The van der Waals surface area contributed by atoms with E-state index < -0.39 is 5.97 Å². The molecule has 114 valence electrons. The molecule has 0 radical (unpaired) electrons. The minimum Gasteiger partial charge on any atom is -0.476 e. The molecular formula is C15H27N3O2. The van der Waals surface area contributed by atoms with Crippen molar-refractivity contribution in [2.24, 2.45) is 0 Å². The lowest BCUT2D eigenvalue weighted by atomic mass is 10.1. The van der Waals surface area contributed by atoms with Gasteiger partial charge in [0, 0.05) is 6.54 Å². The Labute approximate surface area is 121 Å². The number of hydrogen-bond donors (Lipinski definition) is 1. The Morgan fingerprint density at radius 3 is 2.20 bits per heavy atom. The fourth-order valence-corrected chi connectivity index (χ4v) is 2.42. The number of carbonyl (C=O) groups is 1. The first-order valence-corrected chi connectivity index (χ1v) is 7.86. The lowest BCUT2D eigenvalue weighted by Crippen LogP contribution is -2.07. The van der Waals surface area contributed by atoms with Crippen LogP contribution in [0.15, 0.2) is 0 Å². The predicted molar refractivity (Wildman–Crippen MR) is 79.0 cm³/mol. The molecule has 0 bridgehead atoms.